The molecule has 0 aromatic heterocycles. The maximum atomic E-state index is 11.5. The largest absolute Gasteiger partial charge is 0.463 e. The number of unbranched alkanes of at least 4 members (excludes halogenated alkanes) is 5. The van der Waals surface area contributed by atoms with E-state index in [4.69, 9.17) is 9.47 Å². The van der Waals surface area contributed by atoms with E-state index in [0.29, 0.717) is 13.0 Å². The Morgan fingerprint density at radius 2 is 1.94 bits per heavy atom. The lowest BCUT2D eigenvalue weighted by atomic mass is 10.1. The van der Waals surface area contributed by atoms with Crippen molar-refractivity contribution in [3.63, 3.8) is 0 Å². The molecule has 1 fully saturated rings. The highest BCUT2D eigenvalue weighted by Gasteiger charge is 2.15. The molecule has 0 radical (unpaired) electrons. The van der Waals surface area contributed by atoms with E-state index in [1.807, 2.05) is 0 Å². The molecule has 106 valence electrons. The normalized spacial score (nSPS) is 19.7. The van der Waals surface area contributed by atoms with Crippen LogP contribution in [0.1, 0.15) is 71.1 Å². The predicted octanol–water partition coefficient (Wildman–Crippen LogP) is 3.85. The third-order valence-corrected chi connectivity index (χ3v) is 3.44. The van der Waals surface area contributed by atoms with Crippen LogP contribution in [0.3, 0.4) is 0 Å². The molecule has 3 heteroatoms. The molecule has 0 bridgehead atoms. The molecule has 1 unspecified atom stereocenters. The molecule has 18 heavy (non-hydrogen) atoms. The maximum absolute atomic E-state index is 11.5. The average molecular weight is 256 g/mol. The first kappa shape index (κ1) is 15.5. The molecule has 0 amide bonds. The Morgan fingerprint density at radius 1 is 1.17 bits per heavy atom. The second kappa shape index (κ2) is 10.4. The predicted molar refractivity (Wildman–Crippen MR) is 72.5 cm³/mol. The fourth-order valence-corrected chi connectivity index (χ4v) is 2.25. The third kappa shape index (κ3) is 7.70. The topological polar surface area (TPSA) is 35.5 Å². The molecular formula is C15H28O3. The number of hydrogen-bond donors (Lipinski definition) is 0. The minimum atomic E-state index is -0.0559. The van der Waals surface area contributed by atoms with Crippen LogP contribution >= 0.6 is 0 Å². The zero-order chi connectivity index (χ0) is 13.1. The molecule has 0 saturated carbocycles. The third-order valence-electron chi connectivity index (χ3n) is 3.44. The minimum absolute atomic E-state index is 0.0559. The van der Waals surface area contributed by atoms with Crippen molar-refractivity contribution in [2.45, 2.75) is 77.2 Å². The summed E-state index contributed by atoms with van der Waals surface area (Å²) in [4.78, 5) is 11.5. The summed E-state index contributed by atoms with van der Waals surface area (Å²) in [6.07, 6.45) is 11.3. The molecule has 1 rings (SSSR count). The lowest BCUT2D eigenvalue weighted by molar-refractivity contribution is -0.149. The Hall–Kier alpha value is -0.570. The zero-order valence-electron chi connectivity index (χ0n) is 11.8. The monoisotopic (exact) mass is 256 g/mol. The number of carbonyl (C=O) groups is 1. The summed E-state index contributed by atoms with van der Waals surface area (Å²) in [5, 5.41) is 0. The van der Waals surface area contributed by atoms with Gasteiger partial charge in [0.2, 0.25) is 0 Å². The van der Waals surface area contributed by atoms with Crippen LogP contribution in [0, 0.1) is 0 Å². The van der Waals surface area contributed by atoms with Gasteiger partial charge in [0, 0.05) is 13.0 Å². The quantitative estimate of drug-likeness (QED) is 0.464. The Bertz CT molecular complexity index is 210. The second-order valence-electron chi connectivity index (χ2n) is 5.19. The van der Waals surface area contributed by atoms with Gasteiger partial charge < -0.3 is 9.47 Å². The molecular weight excluding hydrogens is 228 g/mol. The molecule has 3 nitrogen and oxygen atoms in total. The van der Waals surface area contributed by atoms with Crippen LogP contribution in [0.2, 0.25) is 0 Å². The van der Waals surface area contributed by atoms with Crippen LogP contribution in [-0.4, -0.2) is 25.3 Å². The summed E-state index contributed by atoms with van der Waals surface area (Å²) < 4.78 is 10.8. The molecule has 0 aliphatic carbocycles. The van der Waals surface area contributed by atoms with E-state index in [0.717, 1.165) is 32.3 Å². The standard InChI is InChI=1S/C15H28O3/c1-2-3-4-5-6-7-11-15(16)18-13-14-10-8-9-12-17-14/h14H,2-13H2,1H3. The van der Waals surface area contributed by atoms with Gasteiger partial charge in [-0.15, -0.1) is 0 Å². The summed E-state index contributed by atoms with van der Waals surface area (Å²) in [6, 6.07) is 0. The number of carbonyl (C=O) groups excluding carboxylic acids is 1. The van der Waals surface area contributed by atoms with Crippen molar-refractivity contribution in [2.24, 2.45) is 0 Å². The Morgan fingerprint density at radius 3 is 2.67 bits per heavy atom. The highest BCUT2D eigenvalue weighted by molar-refractivity contribution is 5.69. The van der Waals surface area contributed by atoms with Gasteiger partial charge in [0.25, 0.3) is 0 Å². The molecule has 1 atom stereocenters. The van der Waals surface area contributed by atoms with E-state index >= 15 is 0 Å². The smallest absolute Gasteiger partial charge is 0.305 e. The highest BCUT2D eigenvalue weighted by Crippen LogP contribution is 2.13. The van der Waals surface area contributed by atoms with Gasteiger partial charge in [0.15, 0.2) is 0 Å². The van der Waals surface area contributed by atoms with E-state index < -0.39 is 0 Å². The van der Waals surface area contributed by atoms with Gasteiger partial charge in [-0.2, -0.15) is 0 Å². The van der Waals surface area contributed by atoms with Crippen molar-refractivity contribution in [3.05, 3.63) is 0 Å². The van der Waals surface area contributed by atoms with Crippen molar-refractivity contribution >= 4 is 5.97 Å². The SMILES string of the molecule is CCCCCCCCC(=O)OCC1CCCCO1. The zero-order valence-corrected chi connectivity index (χ0v) is 11.8. The number of ether oxygens (including phenoxy) is 2. The van der Waals surface area contributed by atoms with Gasteiger partial charge in [-0.25, -0.2) is 0 Å². The lowest BCUT2D eigenvalue weighted by Gasteiger charge is -2.22. The fourth-order valence-electron chi connectivity index (χ4n) is 2.25. The molecule has 0 N–H and O–H groups in total. The molecule has 0 spiro atoms. The van der Waals surface area contributed by atoms with E-state index in [1.165, 1.54) is 32.1 Å². The van der Waals surface area contributed by atoms with Gasteiger partial charge in [0.05, 0.1) is 6.10 Å². The average Bonchev–Trinajstić information content (AvgIpc) is 2.41. The van der Waals surface area contributed by atoms with Gasteiger partial charge in [-0.05, 0) is 25.7 Å². The first-order chi connectivity index (χ1) is 8.83. The number of hydrogen-bond acceptors (Lipinski definition) is 3. The van der Waals surface area contributed by atoms with Crippen molar-refractivity contribution in [1.82, 2.24) is 0 Å². The Labute approximate surface area is 111 Å². The number of esters is 1. The minimum Gasteiger partial charge on any atom is -0.463 e. The second-order valence-corrected chi connectivity index (χ2v) is 5.19. The molecule has 0 aromatic rings. The van der Waals surface area contributed by atoms with Gasteiger partial charge in [0.1, 0.15) is 6.61 Å². The highest BCUT2D eigenvalue weighted by atomic mass is 16.6. The van der Waals surface area contributed by atoms with E-state index in [-0.39, 0.29) is 12.1 Å². The molecule has 1 aliphatic heterocycles. The van der Waals surface area contributed by atoms with E-state index in [1.54, 1.807) is 0 Å². The Balaban J connectivity index is 1.90. The first-order valence-corrected chi connectivity index (χ1v) is 7.60. The van der Waals surface area contributed by atoms with Crippen LogP contribution in [0.4, 0.5) is 0 Å². The molecule has 1 aliphatic rings. The first-order valence-electron chi connectivity index (χ1n) is 7.60. The van der Waals surface area contributed by atoms with E-state index in [9.17, 15) is 4.79 Å². The van der Waals surface area contributed by atoms with Crippen molar-refractivity contribution in [2.75, 3.05) is 13.2 Å². The van der Waals surface area contributed by atoms with Crippen LogP contribution in [0.15, 0.2) is 0 Å². The van der Waals surface area contributed by atoms with Crippen molar-refractivity contribution in [3.8, 4) is 0 Å². The summed E-state index contributed by atoms with van der Waals surface area (Å²) >= 11 is 0. The van der Waals surface area contributed by atoms with Gasteiger partial charge in [-0.1, -0.05) is 39.0 Å². The molecule has 0 aromatic carbocycles. The van der Waals surface area contributed by atoms with Crippen molar-refractivity contribution in [1.29, 1.82) is 0 Å². The van der Waals surface area contributed by atoms with Gasteiger partial charge in [-0.3, -0.25) is 4.79 Å². The molecule has 1 heterocycles. The van der Waals surface area contributed by atoms with Crippen LogP contribution in [0.5, 0.6) is 0 Å². The number of rotatable bonds is 9. The van der Waals surface area contributed by atoms with Crippen molar-refractivity contribution < 1.29 is 14.3 Å². The van der Waals surface area contributed by atoms with E-state index in [2.05, 4.69) is 6.92 Å². The lowest BCUT2D eigenvalue weighted by Crippen LogP contribution is -2.25. The van der Waals surface area contributed by atoms with Crippen LogP contribution < -0.4 is 0 Å². The Kier molecular flexibility index (Phi) is 8.92. The summed E-state index contributed by atoms with van der Waals surface area (Å²) in [7, 11) is 0. The summed E-state index contributed by atoms with van der Waals surface area (Å²) in [5.41, 5.74) is 0. The summed E-state index contributed by atoms with van der Waals surface area (Å²) in [5.74, 6) is -0.0559. The van der Waals surface area contributed by atoms with Crippen LogP contribution in [-0.2, 0) is 14.3 Å². The van der Waals surface area contributed by atoms with Crippen LogP contribution in [0.25, 0.3) is 0 Å². The molecule has 1 saturated heterocycles. The fraction of sp³-hybridized carbons (Fsp3) is 0.933. The summed E-state index contributed by atoms with van der Waals surface area (Å²) in [6.45, 7) is 3.49. The maximum Gasteiger partial charge on any atom is 0.305 e. The van der Waals surface area contributed by atoms with Gasteiger partial charge >= 0.3 is 5.97 Å².